The van der Waals surface area contributed by atoms with Crippen LogP contribution < -0.4 is 11.1 Å². The summed E-state index contributed by atoms with van der Waals surface area (Å²) in [5, 5.41) is 7.59. The molecule has 1 atom stereocenters. The second-order valence-corrected chi connectivity index (χ2v) is 7.12. The maximum absolute atomic E-state index is 12.6. The normalized spacial score (nSPS) is 22.8. The van der Waals surface area contributed by atoms with Crippen molar-refractivity contribution < 1.29 is 4.79 Å². The molecule has 1 unspecified atom stereocenters. The predicted molar refractivity (Wildman–Crippen MR) is 93.5 cm³/mol. The summed E-state index contributed by atoms with van der Waals surface area (Å²) >= 11 is 0. The fourth-order valence-electron chi connectivity index (χ4n) is 4.20. The number of amides is 1. The van der Waals surface area contributed by atoms with E-state index in [9.17, 15) is 4.79 Å². The van der Waals surface area contributed by atoms with Gasteiger partial charge in [-0.3, -0.25) is 9.48 Å². The maximum Gasteiger partial charge on any atom is 0.221 e. The first-order valence-corrected chi connectivity index (χ1v) is 8.64. The van der Waals surface area contributed by atoms with Crippen LogP contribution in [0.1, 0.15) is 68.7 Å². The molecular weight excluding hydrogens is 312 g/mol. The number of halogens is 1. The Bertz CT molecular complexity index is 537. The molecule has 0 aliphatic heterocycles. The van der Waals surface area contributed by atoms with Crippen LogP contribution in [-0.2, 0) is 18.3 Å². The van der Waals surface area contributed by atoms with Crippen LogP contribution in [0, 0.1) is 5.41 Å². The van der Waals surface area contributed by atoms with Crippen molar-refractivity contribution in [1.82, 2.24) is 15.1 Å². The zero-order valence-corrected chi connectivity index (χ0v) is 14.8. The quantitative estimate of drug-likeness (QED) is 0.885. The molecule has 2 aliphatic carbocycles. The number of nitrogens with two attached hydrogens (primary N) is 1. The van der Waals surface area contributed by atoms with Crippen molar-refractivity contribution in [2.24, 2.45) is 18.2 Å². The van der Waals surface area contributed by atoms with Crippen LogP contribution in [0.4, 0.5) is 0 Å². The van der Waals surface area contributed by atoms with Crippen LogP contribution in [0.25, 0.3) is 0 Å². The lowest BCUT2D eigenvalue weighted by Gasteiger charge is -2.36. The molecule has 0 spiro atoms. The number of aryl methyl sites for hydroxylation is 1. The Labute approximate surface area is 144 Å². The Balaban J connectivity index is 0.00000192. The molecule has 0 saturated heterocycles. The smallest absolute Gasteiger partial charge is 0.221 e. The van der Waals surface area contributed by atoms with Crippen molar-refractivity contribution in [3.63, 3.8) is 0 Å². The Morgan fingerprint density at radius 1 is 1.39 bits per heavy atom. The number of hydrogen-bond donors (Lipinski definition) is 2. The number of hydrogen-bond acceptors (Lipinski definition) is 3. The zero-order valence-electron chi connectivity index (χ0n) is 14.0. The largest absolute Gasteiger partial charge is 0.349 e. The molecule has 2 aliphatic rings. The summed E-state index contributed by atoms with van der Waals surface area (Å²) in [7, 11) is 1.98. The second-order valence-electron chi connectivity index (χ2n) is 7.12. The molecule has 0 bridgehead atoms. The fourth-order valence-corrected chi connectivity index (χ4v) is 4.20. The van der Waals surface area contributed by atoms with Crippen molar-refractivity contribution in [3.8, 4) is 0 Å². The van der Waals surface area contributed by atoms with E-state index in [1.165, 1.54) is 30.5 Å². The summed E-state index contributed by atoms with van der Waals surface area (Å²) < 4.78 is 1.94. The first kappa shape index (κ1) is 18.3. The van der Waals surface area contributed by atoms with Crippen LogP contribution in [-0.4, -0.2) is 22.2 Å². The number of carbonyl (C=O) groups excluding carboxylic acids is 1. The molecular formula is C17H29ClN4O. The van der Waals surface area contributed by atoms with Gasteiger partial charge in [0, 0.05) is 24.7 Å². The summed E-state index contributed by atoms with van der Waals surface area (Å²) in [4.78, 5) is 12.6. The van der Waals surface area contributed by atoms with Crippen molar-refractivity contribution >= 4 is 18.3 Å². The summed E-state index contributed by atoms with van der Waals surface area (Å²) in [5.74, 6) is 0.161. The van der Waals surface area contributed by atoms with Gasteiger partial charge in [0.1, 0.15) is 0 Å². The lowest BCUT2D eigenvalue weighted by Crippen LogP contribution is -2.40. The minimum absolute atomic E-state index is 0. The van der Waals surface area contributed by atoms with Gasteiger partial charge in [-0.25, -0.2) is 0 Å². The maximum atomic E-state index is 12.6. The molecule has 6 heteroatoms. The number of carbonyl (C=O) groups is 1. The van der Waals surface area contributed by atoms with Gasteiger partial charge >= 0.3 is 0 Å². The molecule has 1 heterocycles. The fraction of sp³-hybridized carbons (Fsp3) is 0.765. The molecule has 1 amide bonds. The van der Waals surface area contributed by atoms with Gasteiger partial charge in [0.2, 0.25) is 5.91 Å². The topological polar surface area (TPSA) is 72.9 Å². The summed E-state index contributed by atoms with van der Waals surface area (Å²) in [6, 6.07) is 0.128. The first-order valence-electron chi connectivity index (χ1n) is 8.64. The average molecular weight is 341 g/mol. The Morgan fingerprint density at radius 2 is 2.13 bits per heavy atom. The molecule has 0 aromatic carbocycles. The lowest BCUT2D eigenvalue weighted by molar-refractivity contribution is -0.124. The number of nitrogens with zero attached hydrogens (tertiary/aromatic N) is 2. The molecule has 1 fully saturated rings. The van der Waals surface area contributed by atoms with Gasteiger partial charge in [0.25, 0.3) is 0 Å². The minimum Gasteiger partial charge on any atom is -0.349 e. The molecule has 3 N–H and O–H groups in total. The molecule has 130 valence electrons. The van der Waals surface area contributed by atoms with Gasteiger partial charge in [0.15, 0.2) is 0 Å². The van der Waals surface area contributed by atoms with Crippen LogP contribution in [0.5, 0.6) is 0 Å². The van der Waals surface area contributed by atoms with E-state index < -0.39 is 0 Å². The monoisotopic (exact) mass is 340 g/mol. The van der Waals surface area contributed by atoms with E-state index in [2.05, 4.69) is 10.4 Å². The van der Waals surface area contributed by atoms with Crippen LogP contribution in [0.15, 0.2) is 6.20 Å². The molecule has 1 aromatic heterocycles. The molecule has 1 aromatic rings. The van der Waals surface area contributed by atoms with E-state index >= 15 is 0 Å². The number of aromatic nitrogens is 2. The second kappa shape index (κ2) is 7.67. The molecule has 3 rings (SSSR count). The van der Waals surface area contributed by atoms with Gasteiger partial charge in [-0.05, 0) is 44.1 Å². The number of rotatable bonds is 4. The van der Waals surface area contributed by atoms with Gasteiger partial charge < -0.3 is 11.1 Å². The average Bonchev–Trinajstić information content (AvgIpc) is 2.91. The van der Waals surface area contributed by atoms with Crippen molar-refractivity contribution in [3.05, 3.63) is 17.5 Å². The third-order valence-corrected chi connectivity index (χ3v) is 5.59. The van der Waals surface area contributed by atoms with Gasteiger partial charge in [0.05, 0.1) is 12.2 Å². The SMILES string of the molecule is Cl.Cn1ncc2c1CCCC2NC(=O)CC1(CN)CCCCC1. The van der Waals surface area contributed by atoms with E-state index in [1.54, 1.807) is 0 Å². The van der Waals surface area contributed by atoms with Crippen LogP contribution >= 0.6 is 12.4 Å². The Hall–Kier alpha value is -1.07. The summed E-state index contributed by atoms with van der Waals surface area (Å²) in [6.07, 6.45) is 11.6. The van der Waals surface area contributed by atoms with E-state index in [4.69, 9.17) is 5.73 Å². The highest BCUT2D eigenvalue weighted by atomic mass is 35.5. The highest BCUT2D eigenvalue weighted by Crippen LogP contribution is 2.38. The van der Waals surface area contributed by atoms with Gasteiger partial charge in [-0.15, -0.1) is 12.4 Å². The van der Waals surface area contributed by atoms with Gasteiger partial charge in [-0.1, -0.05) is 19.3 Å². The van der Waals surface area contributed by atoms with Crippen LogP contribution in [0.2, 0.25) is 0 Å². The van der Waals surface area contributed by atoms with Crippen LogP contribution in [0.3, 0.4) is 0 Å². The highest BCUT2D eigenvalue weighted by Gasteiger charge is 2.34. The van der Waals surface area contributed by atoms with E-state index in [0.717, 1.165) is 32.1 Å². The molecule has 0 radical (unpaired) electrons. The minimum atomic E-state index is 0. The third-order valence-electron chi connectivity index (χ3n) is 5.59. The molecule has 23 heavy (non-hydrogen) atoms. The van der Waals surface area contributed by atoms with Crippen molar-refractivity contribution in [1.29, 1.82) is 0 Å². The zero-order chi connectivity index (χ0) is 15.6. The standard InChI is InChI=1S/C17H28N4O.ClH/c1-21-15-7-5-6-14(13(15)11-19-21)20-16(22)10-17(12-18)8-3-2-4-9-17;/h11,14H,2-10,12,18H2,1H3,(H,20,22);1H. The number of fused-ring (bicyclic) bond motifs is 1. The van der Waals surface area contributed by atoms with E-state index in [0.29, 0.717) is 13.0 Å². The Morgan fingerprint density at radius 3 is 2.83 bits per heavy atom. The van der Waals surface area contributed by atoms with Crippen molar-refractivity contribution in [2.75, 3.05) is 6.54 Å². The highest BCUT2D eigenvalue weighted by molar-refractivity contribution is 5.85. The molecule has 1 saturated carbocycles. The number of nitrogens with one attached hydrogen (secondary N) is 1. The third kappa shape index (κ3) is 3.89. The first-order chi connectivity index (χ1) is 10.6. The van der Waals surface area contributed by atoms with Crippen molar-refractivity contribution in [2.45, 2.75) is 63.8 Å². The Kier molecular flexibility index (Phi) is 6.09. The lowest BCUT2D eigenvalue weighted by atomic mass is 9.71. The summed E-state index contributed by atoms with van der Waals surface area (Å²) in [5.41, 5.74) is 8.51. The summed E-state index contributed by atoms with van der Waals surface area (Å²) in [6.45, 7) is 0.628. The predicted octanol–water partition coefficient (Wildman–Crippen LogP) is 2.63. The van der Waals surface area contributed by atoms with Gasteiger partial charge in [-0.2, -0.15) is 5.10 Å². The molecule has 5 nitrogen and oxygen atoms in total. The van der Waals surface area contributed by atoms with E-state index in [-0.39, 0.29) is 29.8 Å². The van der Waals surface area contributed by atoms with E-state index in [1.807, 2.05) is 17.9 Å².